The maximum absolute atomic E-state index is 12.5. The quantitative estimate of drug-likeness (QED) is 0.668. The van der Waals surface area contributed by atoms with E-state index in [1.165, 1.54) is 22.6 Å². The number of carbonyl (C=O) groups excluding carboxylic acids is 2. The van der Waals surface area contributed by atoms with Gasteiger partial charge < -0.3 is 11.1 Å². The predicted octanol–water partition coefficient (Wildman–Crippen LogP) is 3.91. The lowest BCUT2D eigenvalue weighted by Crippen LogP contribution is -2.19. The van der Waals surface area contributed by atoms with Crippen LogP contribution in [0.2, 0.25) is 0 Å². The number of rotatable bonds is 4. The number of hydrogen-bond acceptors (Lipinski definition) is 5. The average Bonchev–Trinajstić information content (AvgIpc) is 3.12. The number of hydrogen-bond donors (Lipinski definition) is 2. The zero-order chi connectivity index (χ0) is 18.1. The van der Waals surface area contributed by atoms with Crippen molar-refractivity contribution < 1.29 is 9.59 Å². The van der Waals surface area contributed by atoms with E-state index in [0.29, 0.717) is 10.6 Å². The summed E-state index contributed by atoms with van der Waals surface area (Å²) < 4.78 is 1.07. The van der Waals surface area contributed by atoms with Crippen molar-refractivity contribution in [2.24, 2.45) is 5.73 Å². The van der Waals surface area contributed by atoms with E-state index in [1.54, 1.807) is 16.8 Å². The maximum Gasteiger partial charge on any atom is 0.251 e. The van der Waals surface area contributed by atoms with Crippen LogP contribution in [0.15, 0.2) is 23.7 Å². The van der Waals surface area contributed by atoms with Gasteiger partial charge in [0, 0.05) is 4.88 Å². The molecule has 0 bridgehead atoms. The Hall–Kier alpha value is -2.25. The molecule has 0 fully saturated rings. The molecular weight excluding hydrogens is 366 g/mol. The van der Waals surface area contributed by atoms with Crippen LogP contribution in [0.3, 0.4) is 0 Å². The van der Waals surface area contributed by atoms with Crippen LogP contribution in [0.5, 0.6) is 0 Å². The van der Waals surface area contributed by atoms with E-state index in [0.717, 1.165) is 47.0 Å². The fourth-order valence-corrected chi connectivity index (χ4v) is 5.51. The van der Waals surface area contributed by atoms with Crippen LogP contribution in [-0.2, 0) is 24.1 Å². The van der Waals surface area contributed by atoms with E-state index in [9.17, 15) is 9.59 Å². The molecule has 4 rings (SSSR count). The second-order valence-corrected chi connectivity index (χ2v) is 8.50. The van der Waals surface area contributed by atoms with Gasteiger partial charge in [0.2, 0.25) is 5.91 Å². The molecule has 1 aliphatic rings. The minimum absolute atomic E-state index is 0.132. The smallest absolute Gasteiger partial charge is 0.251 e. The summed E-state index contributed by atoms with van der Waals surface area (Å²) in [5, 5.41) is 3.53. The Morgan fingerprint density at radius 1 is 1.19 bits per heavy atom. The highest BCUT2D eigenvalue weighted by molar-refractivity contribution is 7.17. The standard InChI is InChI=1S/C19H19N3O2S2/c20-18(24)17-12-4-2-1-3-5-14(12)26-19(17)22-16(23)9-11-6-7-13-15(8-11)25-10-21-13/h6-8,10H,1-5,9H2,(H2,20,24)(H,22,23). The molecule has 5 nitrogen and oxygen atoms in total. The lowest BCUT2D eigenvalue weighted by atomic mass is 10.1. The molecule has 0 spiro atoms. The van der Waals surface area contributed by atoms with Gasteiger partial charge in [0.15, 0.2) is 0 Å². The highest BCUT2D eigenvalue weighted by Crippen LogP contribution is 2.37. The SMILES string of the molecule is NC(=O)c1c(NC(=O)Cc2ccc3ncsc3c2)sc2c1CCCCC2. The van der Waals surface area contributed by atoms with Crippen LogP contribution in [0.1, 0.15) is 45.6 Å². The number of nitrogens with two attached hydrogens (primary N) is 1. The third kappa shape index (κ3) is 3.37. The molecule has 2 heterocycles. The summed E-state index contributed by atoms with van der Waals surface area (Å²) >= 11 is 3.06. The molecule has 0 saturated heterocycles. The zero-order valence-electron chi connectivity index (χ0n) is 14.2. The van der Waals surface area contributed by atoms with E-state index in [2.05, 4.69) is 10.3 Å². The van der Waals surface area contributed by atoms with Gasteiger partial charge in [-0.3, -0.25) is 9.59 Å². The van der Waals surface area contributed by atoms with Gasteiger partial charge in [0.25, 0.3) is 5.91 Å². The van der Waals surface area contributed by atoms with Crippen molar-refractivity contribution >= 4 is 49.7 Å². The minimum atomic E-state index is -0.453. The van der Waals surface area contributed by atoms with Crippen LogP contribution in [0.25, 0.3) is 10.2 Å². The Morgan fingerprint density at radius 2 is 2.04 bits per heavy atom. The number of anilines is 1. The van der Waals surface area contributed by atoms with E-state index in [1.807, 2.05) is 18.2 Å². The molecule has 0 radical (unpaired) electrons. The summed E-state index contributed by atoms with van der Waals surface area (Å²) in [6, 6.07) is 5.84. The van der Waals surface area contributed by atoms with Crippen LogP contribution < -0.4 is 11.1 Å². The highest BCUT2D eigenvalue weighted by atomic mass is 32.1. The van der Waals surface area contributed by atoms with Gasteiger partial charge in [-0.05, 0) is 48.9 Å². The van der Waals surface area contributed by atoms with Gasteiger partial charge in [-0.1, -0.05) is 12.5 Å². The highest BCUT2D eigenvalue weighted by Gasteiger charge is 2.24. The minimum Gasteiger partial charge on any atom is -0.365 e. The first-order valence-corrected chi connectivity index (χ1v) is 10.4. The normalized spacial score (nSPS) is 14.0. The first-order valence-electron chi connectivity index (χ1n) is 8.68. The average molecular weight is 386 g/mol. The number of thiazole rings is 1. The Morgan fingerprint density at radius 3 is 2.88 bits per heavy atom. The topological polar surface area (TPSA) is 85.1 Å². The molecule has 1 aliphatic carbocycles. The number of primary amides is 1. The van der Waals surface area contributed by atoms with Crippen LogP contribution in [0, 0.1) is 0 Å². The number of aryl methyl sites for hydroxylation is 1. The van der Waals surface area contributed by atoms with Crippen LogP contribution in [0.4, 0.5) is 5.00 Å². The Labute approximate surface area is 159 Å². The summed E-state index contributed by atoms with van der Waals surface area (Å²) in [6.45, 7) is 0. The van der Waals surface area contributed by atoms with E-state index < -0.39 is 5.91 Å². The molecular formula is C19H19N3O2S2. The number of amides is 2. The van der Waals surface area contributed by atoms with Gasteiger partial charge >= 0.3 is 0 Å². The number of carbonyl (C=O) groups is 2. The number of thiophene rings is 1. The molecule has 1 aromatic carbocycles. The lowest BCUT2D eigenvalue weighted by Gasteiger charge is -2.06. The zero-order valence-corrected chi connectivity index (χ0v) is 15.8. The molecule has 134 valence electrons. The third-order valence-electron chi connectivity index (χ3n) is 4.68. The number of fused-ring (bicyclic) bond motifs is 2. The Balaban J connectivity index is 1.56. The van der Waals surface area contributed by atoms with Gasteiger partial charge in [-0.25, -0.2) is 4.98 Å². The monoisotopic (exact) mass is 385 g/mol. The molecule has 0 atom stereocenters. The predicted molar refractivity (Wildman–Crippen MR) is 106 cm³/mol. The molecule has 3 aromatic rings. The molecule has 0 saturated carbocycles. The first-order chi connectivity index (χ1) is 12.6. The van der Waals surface area contributed by atoms with Crippen molar-refractivity contribution in [2.45, 2.75) is 38.5 Å². The summed E-state index contributed by atoms with van der Waals surface area (Å²) in [6.07, 6.45) is 5.43. The lowest BCUT2D eigenvalue weighted by molar-refractivity contribution is -0.115. The molecule has 7 heteroatoms. The van der Waals surface area contributed by atoms with E-state index in [-0.39, 0.29) is 12.3 Å². The van der Waals surface area contributed by atoms with E-state index in [4.69, 9.17) is 5.73 Å². The Bertz CT molecular complexity index is 990. The van der Waals surface area contributed by atoms with Crippen molar-refractivity contribution in [3.05, 3.63) is 45.3 Å². The first kappa shape index (κ1) is 17.2. The number of aromatic nitrogens is 1. The second kappa shape index (κ2) is 7.17. The van der Waals surface area contributed by atoms with Gasteiger partial charge in [0.1, 0.15) is 5.00 Å². The summed E-state index contributed by atoms with van der Waals surface area (Å²) in [5.74, 6) is -0.585. The fourth-order valence-electron chi connectivity index (χ4n) is 3.46. The van der Waals surface area contributed by atoms with Gasteiger partial charge in [-0.2, -0.15) is 0 Å². The van der Waals surface area contributed by atoms with Gasteiger partial charge in [0.05, 0.1) is 27.7 Å². The second-order valence-electron chi connectivity index (χ2n) is 6.51. The molecule has 26 heavy (non-hydrogen) atoms. The molecule has 2 aromatic heterocycles. The van der Waals surface area contributed by atoms with Crippen molar-refractivity contribution in [1.82, 2.24) is 4.98 Å². The fraction of sp³-hybridized carbons (Fsp3) is 0.316. The van der Waals surface area contributed by atoms with Crippen molar-refractivity contribution in [2.75, 3.05) is 5.32 Å². The summed E-state index contributed by atoms with van der Waals surface area (Å²) in [4.78, 5) is 30.0. The molecule has 2 amide bonds. The molecule has 0 aliphatic heterocycles. The van der Waals surface area contributed by atoms with Crippen molar-refractivity contribution in [3.8, 4) is 0 Å². The number of benzene rings is 1. The maximum atomic E-state index is 12.5. The number of nitrogens with zero attached hydrogens (tertiary/aromatic N) is 1. The largest absolute Gasteiger partial charge is 0.365 e. The summed E-state index contributed by atoms with van der Waals surface area (Å²) in [5.41, 5.74) is 10.8. The number of nitrogens with one attached hydrogen (secondary N) is 1. The van der Waals surface area contributed by atoms with Crippen molar-refractivity contribution in [1.29, 1.82) is 0 Å². The third-order valence-corrected chi connectivity index (χ3v) is 6.68. The van der Waals surface area contributed by atoms with Gasteiger partial charge in [-0.15, -0.1) is 22.7 Å². The molecule has 3 N–H and O–H groups in total. The van der Waals surface area contributed by atoms with Crippen molar-refractivity contribution in [3.63, 3.8) is 0 Å². The summed E-state index contributed by atoms with van der Waals surface area (Å²) in [7, 11) is 0. The molecule has 0 unspecified atom stereocenters. The van der Waals surface area contributed by atoms with Crippen LogP contribution in [-0.4, -0.2) is 16.8 Å². The Kier molecular flexibility index (Phi) is 4.74. The van der Waals surface area contributed by atoms with E-state index >= 15 is 0 Å². The van der Waals surface area contributed by atoms with Crippen LogP contribution >= 0.6 is 22.7 Å².